The van der Waals surface area contributed by atoms with E-state index in [-0.39, 0.29) is 25.4 Å². The van der Waals surface area contributed by atoms with E-state index < -0.39 is 11.9 Å². The predicted molar refractivity (Wildman–Crippen MR) is 157 cm³/mol. The zero-order valence-corrected chi connectivity index (χ0v) is 23.8. The molecule has 43 heavy (non-hydrogen) atoms. The number of nitrogens with zero attached hydrogens (tertiary/aromatic N) is 1. The van der Waals surface area contributed by atoms with Crippen molar-refractivity contribution in [1.29, 1.82) is 0 Å². The number of aliphatic carboxylic acids is 1. The fraction of sp³-hybridized carbons (Fsp3) is 0.182. The number of aromatic nitrogens is 1. The molecule has 0 fully saturated rings. The number of methoxy groups -OCH3 is 3. The van der Waals surface area contributed by atoms with Crippen molar-refractivity contribution in [3.63, 3.8) is 0 Å². The van der Waals surface area contributed by atoms with E-state index in [1.807, 2.05) is 6.07 Å². The normalized spacial score (nSPS) is 12.0. The lowest BCUT2D eigenvalue weighted by molar-refractivity contribution is -0.132. The van der Waals surface area contributed by atoms with E-state index in [4.69, 9.17) is 28.4 Å². The Labute approximate surface area is 248 Å². The van der Waals surface area contributed by atoms with Crippen molar-refractivity contribution in [2.75, 3.05) is 28.1 Å². The number of esters is 1. The molecule has 1 aliphatic heterocycles. The summed E-state index contributed by atoms with van der Waals surface area (Å²) in [5.41, 5.74) is 3.42. The first-order valence-electron chi connectivity index (χ1n) is 13.2. The second kappa shape index (κ2) is 13.0. The van der Waals surface area contributed by atoms with E-state index in [1.165, 1.54) is 14.2 Å². The predicted octanol–water partition coefficient (Wildman–Crippen LogP) is 5.57. The third kappa shape index (κ3) is 6.38. The molecule has 0 atom stereocenters. The van der Waals surface area contributed by atoms with E-state index in [1.54, 1.807) is 80.0 Å². The van der Waals surface area contributed by atoms with E-state index in [2.05, 4.69) is 4.98 Å². The summed E-state index contributed by atoms with van der Waals surface area (Å²) >= 11 is 0. The summed E-state index contributed by atoms with van der Waals surface area (Å²) in [6.07, 6.45) is 3.25. The lowest BCUT2D eigenvalue weighted by atomic mass is 9.98. The molecule has 220 valence electrons. The molecule has 0 aliphatic carbocycles. The van der Waals surface area contributed by atoms with E-state index in [0.717, 1.165) is 0 Å². The van der Waals surface area contributed by atoms with Gasteiger partial charge in [-0.25, -0.2) is 9.59 Å². The first-order chi connectivity index (χ1) is 20.9. The maximum absolute atomic E-state index is 12.4. The van der Waals surface area contributed by atoms with Crippen molar-refractivity contribution >= 4 is 18.0 Å². The zero-order valence-electron chi connectivity index (χ0n) is 23.8. The molecule has 1 aromatic heterocycles. The molecule has 0 saturated heterocycles. The number of fused-ring (bicyclic) bond motifs is 1. The number of hydrogen-bond donors (Lipinski definition) is 1. The summed E-state index contributed by atoms with van der Waals surface area (Å²) in [6, 6.07) is 19.2. The second-order valence-corrected chi connectivity index (χ2v) is 9.41. The smallest absolute Gasteiger partial charge is 0.338 e. The van der Waals surface area contributed by atoms with Gasteiger partial charge in [0.2, 0.25) is 6.79 Å². The number of rotatable bonds is 11. The molecule has 1 aliphatic rings. The van der Waals surface area contributed by atoms with Gasteiger partial charge in [0.15, 0.2) is 11.5 Å². The third-order valence-electron chi connectivity index (χ3n) is 6.85. The number of hydrogen-bond acceptors (Lipinski definition) is 9. The molecule has 0 amide bonds. The van der Waals surface area contributed by atoms with Crippen LogP contribution in [0.25, 0.3) is 17.3 Å². The van der Waals surface area contributed by atoms with E-state index in [9.17, 15) is 14.7 Å². The average molecular weight is 584 g/mol. The van der Waals surface area contributed by atoms with Gasteiger partial charge in [-0.1, -0.05) is 24.3 Å². The van der Waals surface area contributed by atoms with E-state index >= 15 is 0 Å². The summed E-state index contributed by atoms with van der Waals surface area (Å²) in [5.74, 6) is 0.966. The highest BCUT2D eigenvalue weighted by Gasteiger charge is 2.21. The summed E-state index contributed by atoms with van der Waals surface area (Å²) in [4.78, 5) is 29.3. The van der Waals surface area contributed by atoms with Gasteiger partial charge in [0, 0.05) is 52.6 Å². The standard InChI is InChI=1S/C33H29NO9/c1-38-24-10-11-26(28(16-24)41-18-21-7-4-5-9-25(21)33(37)40-3)31-20(8-6-12-34-31)13-23(32(35)36)14-22-15-29-30(43-19-42-29)17-27(22)39-2/h4-13,15-17H,14,18-19H2,1-3H3,(H,35,36). The van der Waals surface area contributed by atoms with Crippen LogP contribution >= 0.6 is 0 Å². The molecule has 4 aromatic rings. The number of ether oxygens (including phenoxy) is 6. The van der Waals surface area contributed by atoms with Gasteiger partial charge >= 0.3 is 11.9 Å². The Bertz CT molecular complexity index is 1700. The second-order valence-electron chi connectivity index (χ2n) is 9.41. The highest BCUT2D eigenvalue weighted by Crippen LogP contribution is 2.40. The van der Waals surface area contributed by atoms with Crippen LogP contribution in [0.4, 0.5) is 0 Å². The molecule has 10 heteroatoms. The van der Waals surface area contributed by atoms with Gasteiger partial charge in [-0.15, -0.1) is 0 Å². The first kappa shape index (κ1) is 29.0. The maximum atomic E-state index is 12.4. The number of benzene rings is 3. The maximum Gasteiger partial charge on any atom is 0.338 e. The Morgan fingerprint density at radius 1 is 0.907 bits per heavy atom. The fourth-order valence-corrected chi connectivity index (χ4v) is 4.69. The summed E-state index contributed by atoms with van der Waals surface area (Å²) in [6.45, 7) is 0.150. The molecule has 0 radical (unpaired) electrons. The Hall–Kier alpha value is -5.51. The molecule has 10 nitrogen and oxygen atoms in total. The molecule has 3 aromatic carbocycles. The largest absolute Gasteiger partial charge is 0.497 e. The number of carbonyl (C=O) groups excluding carboxylic acids is 1. The number of carboxylic acids is 1. The van der Waals surface area contributed by atoms with Crippen LogP contribution in [0.3, 0.4) is 0 Å². The Morgan fingerprint density at radius 3 is 2.44 bits per heavy atom. The lowest BCUT2D eigenvalue weighted by Crippen LogP contribution is -2.08. The molecular weight excluding hydrogens is 554 g/mol. The third-order valence-corrected chi connectivity index (χ3v) is 6.85. The van der Waals surface area contributed by atoms with Crippen LogP contribution in [0.1, 0.15) is 27.0 Å². The van der Waals surface area contributed by atoms with Crippen LogP contribution < -0.4 is 23.7 Å². The van der Waals surface area contributed by atoms with Crippen molar-refractivity contribution < 1.29 is 43.1 Å². The van der Waals surface area contributed by atoms with Gasteiger partial charge in [0.25, 0.3) is 0 Å². The monoisotopic (exact) mass is 583 g/mol. The minimum Gasteiger partial charge on any atom is -0.497 e. The molecule has 0 saturated carbocycles. The minimum atomic E-state index is -1.10. The Morgan fingerprint density at radius 2 is 1.70 bits per heavy atom. The summed E-state index contributed by atoms with van der Waals surface area (Å²) in [7, 11) is 4.38. The van der Waals surface area contributed by atoms with E-state index in [0.29, 0.717) is 62.3 Å². The van der Waals surface area contributed by atoms with Crippen molar-refractivity contribution in [2.24, 2.45) is 0 Å². The van der Waals surface area contributed by atoms with Crippen molar-refractivity contribution in [3.8, 4) is 40.0 Å². The van der Waals surface area contributed by atoms with Crippen molar-refractivity contribution in [3.05, 3.63) is 101 Å². The van der Waals surface area contributed by atoms with Crippen LogP contribution in [0.5, 0.6) is 28.7 Å². The van der Waals surface area contributed by atoms with Gasteiger partial charge < -0.3 is 33.5 Å². The van der Waals surface area contributed by atoms with Crippen molar-refractivity contribution in [2.45, 2.75) is 13.0 Å². The molecule has 0 spiro atoms. The van der Waals surface area contributed by atoms with Gasteiger partial charge in [0.1, 0.15) is 23.9 Å². The number of pyridine rings is 1. The Kier molecular flexibility index (Phi) is 8.76. The molecule has 5 rings (SSSR count). The summed E-state index contributed by atoms with van der Waals surface area (Å²) < 4.78 is 33.0. The van der Waals surface area contributed by atoms with Crippen LogP contribution in [0.15, 0.2) is 78.5 Å². The SMILES string of the molecule is COC(=O)c1ccccc1COc1cc(OC)ccc1-c1ncccc1C=C(Cc1cc2c(cc1OC)OCO2)C(=O)O. The molecule has 0 unspecified atom stereocenters. The molecular formula is C33H29NO9. The first-order valence-corrected chi connectivity index (χ1v) is 13.2. The molecule has 2 heterocycles. The average Bonchev–Trinajstić information content (AvgIpc) is 3.50. The fourth-order valence-electron chi connectivity index (χ4n) is 4.69. The highest BCUT2D eigenvalue weighted by atomic mass is 16.7. The van der Waals surface area contributed by atoms with Crippen LogP contribution in [-0.2, 0) is 22.6 Å². The quantitative estimate of drug-likeness (QED) is 0.177. The Balaban J connectivity index is 1.52. The van der Waals surface area contributed by atoms with Gasteiger partial charge in [-0.3, -0.25) is 4.98 Å². The molecule has 1 N–H and O–H groups in total. The topological polar surface area (TPSA) is 123 Å². The van der Waals surface area contributed by atoms with Gasteiger partial charge in [-0.2, -0.15) is 0 Å². The lowest BCUT2D eigenvalue weighted by Gasteiger charge is -2.16. The minimum absolute atomic E-state index is 0.0553. The highest BCUT2D eigenvalue weighted by molar-refractivity contribution is 5.94. The van der Waals surface area contributed by atoms with Gasteiger partial charge in [0.05, 0.1) is 32.6 Å². The number of carboxylic acid groups (broad SMARTS) is 1. The summed E-state index contributed by atoms with van der Waals surface area (Å²) in [5, 5.41) is 10.2. The zero-order chi connectivity index (χ0) is 30.3. The van der Waals surface area contributed by atoms with Crippen LogP contribution in [0.2, 0.25) is 0 Å². The molecule has 0 bridgehead atoms. The van der Waals surface area contributed by atoms with Crippen LogP contribution in [-0.4, -0.2) is 50.2 Å². The van der Waals surface area contributed by atoms with Crippen LogP contribution in [0, 0.1) is 0 Å². The number of carbonyl (C=O) groups is 2. The van der Waals surface area contributed by atoms with Gasteiger partial charge in [-0.05, 0) is 36.4 Å². The van der Waals surface area contributed by atoms with Crippen molar-refractivity contribution in [1.82, 2.24) is 4.98 Å².